The molecule has 15 heavy (non-hydrogen) atoms. The third-order valence-electron chi connectivity index (χ3n) is 1.92. The van der Waals surface area contributed by atoms with Crippen LogP contribution in [0.5, 0.6) is 0 Å². The Bertz CT molecular complexity index is 307. The van der Waals surface area contributed by atoms with Gasteiger partial charge in [-0.2, -0.15) is 0 Å². The molecule has 0 unspecified atom stereocenters. The smallest absolute Gasteiger partial charge is 0.124 e. The van der Waals surface area contributed by atoms with Crippen molar-refractivity contribution in [3.05, 3.63) is 29.0 Å². The Hall–Kier alpha value is -0.800. The van der Waals surface area contributed by atoms with Gasteiger partial charge >= 0.3 is 0 Å². The predicted octanol–water partition coefficient (Wildman–Crippen LogP) is 3.32. The van der Waals surface area contributed by atoms with Gasteiger partial charge in [-0.15, -0.1) is 0 Å². The van der Waals surface area contributed by atoms with Crippen LogP contribution in [0.1, 0.15) is 13.3 Å². The predicted molar refractivity (Wildman–Crippen MR) is 61.0 cm³/mol. The highest BCUT2D eigenvalue weighted by Gasteiger charge is 2.00. The van der Waals surface area contributed by atoms with E-state index in [2.05, 4.69) is 5.32 Å². The van der Waals surface area contributed by atoms with Gasteiger partial charge in [-0.3, -0.25) is 0 Å². The molecule has 1 aromatic rings. The van der Waals surface area contributed by atoms with Crippen molar-refractivity contribution in [2.45, 2.75) is 13.3 Å². The molecule has 4 heteroatoms. The molecule has 0 aliphatic carbocycles. The van der Waals surface area contributed by atoms with Crippen molar-refractivity contribution in [3.63, 3.8) is 0 Å². The summed E-state index contributed by atoms with van der Waals surface area (Å²) in [7, 11) is 0. The van der Waals surface area contributed by atoms with Gasteiger partial charge in [-0.1, -0.05) is 11.6 Å². The Morgan fingerprint density at radius 1 is 1.47 bits per heavy atom. The number of rotatable bonds is 6. The summed E-state index contributed by atoms with van der Waals surface area (Å²) >= 11 is 5.84. The van der Waals surface area contributed by atoms with Gasteiger partial charge in [0.15, 0.2) is 0 Å². The summed E-state index contributed by atoms with van der Waals surface area (Å²) < 4.78 is 17.9. The lowest BCUT2D eigenvalue weighted by Gasteiger charge is -2.08. The van der Waals surface area contributed by atoms with E-state index >= 15 is 0 Å². The number of benzene rings is 1. The average molecular weight is 232 g/mol. The van der Waals surface area contributed by atoms with Crippen molar-refractivity contribution < 1.29 is 9.13 Å². The second-order valence-corrected chi connectivity index (χ2v) is 3.51. The lowest BCUT2D eigenvalue weighted by atomic mass is 10.3. The summed E-state index contributed by atoms with van der Waals surface area (Å²) in [6, 6.07) is 4.32. The van der Waals surface area contributed by atoms with Crippen LogP contribution in [0.2, 0.25) is 5.02 Å². The summed E-state index contributed by atoms with van der Waals surface area (Å²) in [6.45, 7) is 4.19. The molecule has 0 aromatic heterocycles. The molecule has 0 aliphatic heterocycles. The molecule has 0 spiro atoms. The first-order chi connectivity index (χ1) is 7.24. The van der Waals surface area contributed by atoms with Crippen LogP contribution in [0, 0.1) is 5.82 Å². The molecule has 0 saturated heterocycles. The second kappa shape index (κ2) is 6.64. The molecule has 0 amide bonds. The van der Waals surface area contributed by atoms with Crippen LogP contribution < -0.4 is 5.32 Å². The molecule has 1 rings (SSSR count). The largest absolute Gasteiger partial charge is 0.384 e. The lowest BCUT2D eigenvalue weighted by molar-refractivity contribution is 0.147. The van der Waals surface area contributed by atoms with Gasteiger partial charge in [0.1, 0.15) is 5.82 Å². The van der Waals surface area contributed by atoms with Gasteiger partial charge in [-0.05, 0) is 31.5 Å². The SMILES string of the molecule is CCOCCCNc1ccc(F)cc1Cl. The van der Waals surface area contributed by atoms with E-state index in [9.17, 15) is 4.39 Å². The first kappa shape index (κ1) is 12.3. The van der Waals surface area contributed by atoms with E-state index in [1.165, 1.54) is 12.1 Å². The Morgan fingerprint density at radius 3 is 2.93 bits per heavy atom. The number of hydrogen-bond donors (Lipinski definition) is 1. The zero-order valence-electron chi connectivity index (χ0n) is 8.72. The van der Waals surface area contributed by atoms with Gasteiger partial charge in [0.05, 0.1) is 10.7 Å². The zero-order valence-corrected chi connectivity index (χ0v) is 9.48. The molecular formula is C11H15ClFNO. The number of ether oxygens (including phenoxy) is 1. The summed E-state index contributed by atoms with van der Waals surface area (Å²) in [5, 5.41) is 3.53. The quantitative estimate of drug-likeness (QED) is 0.759. The number of halogens is 2. The molecule has 0 heterocycles. The van der Waals surface area contributed by atoms with Crippen LogP contribution in [-0.4, -0.2) is 19.8 Å². The molecule has 0 aliphatic rings. The van der Waals surface area contributed by atoms with E-state index in [1.807, 2.05) is 6.92 Å². The minimum absolute atomic E-state index is 0.320. The molecular weight excluding hydrogens is 217 g/mol. The van der Waals surface area contributed by atoms with E-state index < -0.39 is 0 Å². The van der Waals surface area contributed by atoms with Crippen LogP contribution in [0.15, 0.2) is 18.2 Å². The van der Waals surface area contributed by atoms with Crippen molar-refractivity contribution in [1.82, 2.24) is 0 Å². The standard InChI is InChI=1S/C11H15ClFNO/c1-2-15-7-3-6-14-11-5-4-9(13)8-10(11)12/h4-5,8,14H,2-3,6-7H2,1H3. The lowest BCUT2D eigenvalue weighted by Crippen LogP contribution is -2.06. The second-order valence-electron chi connectivity index (χ2n) is 3.10. The first-order valence-corrected chi connectivity index (χ1v) is 5.38. The van der Waals surface area contributed by atoms with E-state index in [0.29, 0.717) is 5.02 Å². The molecule has 0 saturated carbocycles. The van der Waals surface area contributed by atoms with Crippen molar-refractivity contribution in [3.8, 4) is 0 Å². The number of hydrogen-bond acceptors (Lipinski definition) is 2. The topological polar surface area (TPSA) is 21.3 Å². The highest BCUT2D eigenvalue weighted by atomic mass is 35.5. The number of anilines is 1. The van der Waals surface area contributed by atoms with E-state index in [0.717, 1.165) is 31.9 Å². The maximum Gasteiger partial charge on any atom is 0.124 e. The molecule has 1 aromatic carbocycles. The molecule has 0 fully saturated rings. The monoisotopic (exact) mass is 231 g/mol. The van der Waals surface area contributed by atoms with Gasteiger partial charge in [0.2, 0.25) is 0 Å². The molecule has 2 nitrogen and oxygen atoms in total. The summed E-state index contributed by atoms with van der Waals surface area (Å²) in [4.78, 5) is 0. The molecule has 1 N–H and O–H groups in total. The fourth-order valence-electron chi connectivity index (χ4n) is 1.17. The molecule has 0 radical (unpaired) electrons. The normalized spacial score (nSPS) is 10.3. The highest BCUT2D eigenvalue weighted by molar-refractivity contribution is 6.33. The maximum atomic E-state index is 12.7. The summed E-state index contributed by atoms with van der Waals surface area (Å²) in [5.41, 5.74) is 0.759. The van der Waals surface area contributed by atoms with Gasteiger partial charge in [0, 0.05) is 19.8 Å². The van der Waals surface area contributed by atoms with Crippen LogP contribution >= 0.6 is 11.6 Å². The fourth-order valence-corrected chi connectivity index (χ4v) is 1.41. The average Bonchev–Trinajstić information content (AvgIpc) is 2.20. The van der Waals surface area contributed by atoms with Crippen LogP contribution in [0.3, 0.4) is 0 Å². The zero-order chi connectivity index (χ0) is 11.1. The van der Waals surface area contributed by atoms with Crippen molar-refractivity contribution in [2.75, 3.05) is 25.1 Å². The minimum Gasteiger partial charge on any atom is -0.384 e. The Kier molecular flexibility index (Phi) is 5.43. The first-order valence-electron chi connectivity index (χ1n) is 5.00. The summed E-state index contributed by atoms with van der Waals surface area (Å²) in [5.74, 6) is -0.320. The van der Waals surface area contributed by atoms with E-state index in [-0.39, 0.29) is 5.82 Å². The fraction of sp³-hybridized carbons (Fsp3) is 0.455. The third-order valence-corrected chi connectivity index (χ3v) is 2.23. The highest BCUT2D eigenvalue weighted by Crippen LogP contribution is 2.22. The van der Waals surface area contributed by atoms with Crippen molar-refractivity contribution >= 4 is 17.3 Å². The molecule has 84 valence electrons. The maximum absolute atomic E-state index is 12.7. The Morgan fingerprint density at radius 2 is 2.27 bits per heavy atom. The van der Waals surface area contributed by atoms with Gasteiger partial charge in [-0.25, -0.2) is 4.39 Å². The molecule has 0 atom stereocenters. The van der Waals surface area contributed by atoms with E-state index in [1.54, 1.807) is 6.07 Å². The Labute approximate surface area is 94.4 Å². The van der Waals surface area contributed by atoms with Crippen molar-refractivity contribution in [2.24, 2.45) is 0 Å². The van der Waals surface area contributed by atoms with Crippen LogP contribution in [0.4, 0.5) is 10.1 Å². The summed E-state index contributed by atoms with van der Waals surface area (Å²) in [6.07, 6.45) is 0.904. The van der Waals surface area contributed by atoms with Crippen LogP contribution in [-0.2, 0) is 4.74 Å². The minimum atomic E-state index is -0.320. The van der Waals surface area contributed by atoms with Gasteiger partial charge < -0.3 is 10.1 Å². The number of nitrogens with one attached hydrogen (secondary N) is 1. The molecule has 0 bridgehead atoms. The van der Waals surface area contributed by atoms with E-state index in [4.69, 9.17) is 16.3 Å². The van der Waals surface area contributed by atoms with Crippen molar-refractivity contribution in [1.29, 1.82) is 0 Å². The van der Waals surface area contributed by atoms with Gasteiger partial charge in [0.25, 0.3) is 0 Å². The Balaban J connectivity index is 2.31. The van der Waals surface area contributed by atoms with Crippen LogP contribution in [0.25, 0.3) is 0 Å². The third kappa shape index (κ3) is 4.49.